The number of aliphatic hydroxyl groups excluding tert-OH is 1. The first-order valence-electron chi connectivity index (χ1n) is 9.70. The van der Waals surface area contributed by atoms with Crippen LogP contribution in [0.2, 0.25) is 0 Å². The largest absolute Gasteiger partial charge is 0.435 e. The number of guanidine groups is 1. The van der Waals surface area contributed by atoms with Crippen LogP contribution in [0.1, 0.15) is 30.2 Å². The van der Waals surface area contributed by atoms with Gasteiger partial charge < -0.3 is 25.4 Å². The van der Waals surface area contributed by atoms with Crippen LogP contribution in [-0.2, 0) is 7.05 Å². The Labute approximate surface area is 198 Å². The van der Waals surface area contributed by atoms with Crippen LogP contribution in [0.25, 0.3) is 0 Å². The summed E-state index contributed by atoms with van der Waals surface area (Å²) in [6, 6.07) is 5.97. The number of hydrogen-bond acceptors (Lipinski definition) is 5. The van der Waals surface area contributed by atoms with Crippen LogP contribution in [0.5, 0.6) is 5.75 Å². The van der Waals surface area contributed by atoms with Crippen molar-refractivity contribution in [2.24, 2.45) is 12.0 Å². The lowest BCUT2D eigenvalue weighted by Crippen LogP contribution is -2.40. The first kappa shape index (κ1) is 27.0. The molecule has 0 aliphatic carbocycles. The Morgan fingerprint density at radius 3 is 2.42 bits per heavy atom. The predicted molar refractivity (Wildman–Crippen MR) is 127 cm³/mol. The number of rotatable bonds is 10. The highest BCUT2D eigenvalue weighted by Crippen LogP contribution is 2.19. The molecule has 2 unspecified atom stereocenters. The van der Waals surface area contributed by atoms with Crippen LogP contribution in [0.15, 0.2) is 41.7 Å². The van der Waals surface area contributed by atoms with Gasteiger partial charge in [-0.2, -0.15) is 13.9 Å². The van der Waals surface area contributed by atoms with E-state index < -0.39 is 12.7 Å². The fraction of sp³-hybridized carbons (Fsp3) is 0.500. The van der Waals surface area contributed by atoms with E-state index in [2.05, 4.69) is 30.4 Å². The van der Waals surface area contributed by atoms with Gasteiger partial charge in [0.25, 0.3) is 0 Å². The standard InChI is InChI=1S/C20H30F2N6O2.HI/c1-5-23-20(24-11-17(27(2)3)15-10-26-28(4)13-15)25-12-18(29)14-6-8-16(9-7-14)30-19(21)22;/h6-10,13,17-19,29H,5,11-12H2,1-4H3,(H2,23,24,25);1H. The number of aliphatic hydroxyl groups is 1. The molecule has 1 heterocycles. The molecule has 2 rings (SSSR count). The van der Waals surface area contributed by atoms with E-state index in [-0.39, 0.29) is 42.3 Å². The SMILES string of the molecule is CCNC(=NCC(c1cnn(C)c1)N(C)C)NCC(O)c1ccc(OC(F)F)cc1.I. The van der Waals surface area contributed by atoms with Crippen molar-refractivity contribution in [2.75, 3.05) is 33.7 Å². The van der Waals surface area contributed by atoms with Gasteiger partial charge >= 0.3 is 6.61 Å². The topological polar surface area (TPSA) is 86.9 Å². The van der Waals surface area contributed by atoms with Crippen LogP contribution in [0.3, 0.4) is 0 Å². The minimum absolute atomic E-state index is 0. The van der Waals surface area contributed by atoms with E-state index in [1.807, 2.05) is 40.5 Å². The Morgan fingerprint density at radius 1 is 1.23 bits per heavy atom. The van der Waals surface area contributed by atoms with Crippen molar-refractivity contribution in [1.82, 2.24) is 25.3 Å². The normalized spacial score (nSPS) is 13.6. The van der Waals surface area contributed by atoms with Crippen molar-refractivity contribution in [3.8, 4) is 5.75 Å². The molecular formula is C20H31F2IN6O2. The lowest BCUT2D eigenvalue weighted by molar-refractivity contribution is -0.0498. The monoisotopic (exact) mass is 552 g/mol. The first-order chi connectivity index (χ1) is 14.3. The molecule has 31 heavy (non-hydrogen) atoms. The van der Waals surface area contributed by atoms with Crippen LogP contribution in [-0.4, -0.2) is 66.1 Å². The van der Waals surface area contributed by atoms with Gasteiger partial charge in [-0.1, -0.05) is 12.1 Å². The smallest absolute Gasteiger partial charge is 0.387 e. The first-order valence-corrected chi connectivity index (χ1v) is 9.70. The number of nitrogens with zero attached hydrogens (tertiary/aromatic N) is 4. The highest BCUT2D eigenvalue weighted by Gasteiger charge is 2.16. The number of halogens is 3. The summed E-state index contributed by atoms with van der Waals surface area (Å²) in [5, 5.41) is 20.9. The number of aromatic nitrogens is 2. The average molecular weight is 552 g/mol. The maximum Gasteiger partial charge on any atom is 0.387 e. The quantitative estimate of drug-likeness (QED) is 0.239. The number of aliphatic imine (C=N–C) groups is 1. The van der Waals surface area contributed by atoms with Gasteiger partial charge in [0.2, 0.25) is 0 Å². The van der Waals surface area contributed by atoms with Crippen LogP contribution < -0.4 is 15.4 Å². The predicted octanol–water partition coefficient (Wildman–Crippen LogP) is 2.53. The minimum Gasteiger partial charge on any atom is -0.435 e. The summed E-state index contributed by atoms with van der Waals surface area (Å²) >= 11 is 0. The molecule has 0 spiro atoms. The molecule has 0 saturated carbocycles. The van der Waals surface area contributed by atoms with Crippen molar-refractivity contribution < 1.29 is 18.6 Å². The highest BCUT2D eigenvalue weighted by atomic mass is 127. The zero-order valence-corrected chi connectivity index (χ0v) is 20.5. The fourth-order valence-electron chi connectivity index (χ4n) is 2.88. The maximum atomic E-state index is 12.2. The second kappa shape index (κ2) is 13.4. The third kappa shape index (κ3) is 8.95. The molecular weight excluding hydrogens is 521 g/mol. The van der Waals surface area contributed by atoms with Gasteiger partial charge in [0.05, 0.1) is 24.9 Å². The summed E-state index contributed by atoms with van der Waals surface area (Å²) in [5.74, 6) is 0.624. The number of benzene rings is 1. The van der Waals surface area contributed by atoms with E-state index in [9.17, 15) is 13.9 Å². The summed E-state index contributed by atoms with van der Waals surface area (Å²) in [6.07, 6.45) is 2.95. The molecule has 0 bridgehead atoms. The van der Waals surface area contributed by atoms with Gasteiger partial charge in [0.1, 0.15) is 5.75 Å². The highest BCUT2D eigenvalue weighted by molar-refractivity contribution is 14.0. The third-order valence-electron chi connectivity index (χ3n) is 4.45. The summed E-state index contributed by atoms with van der Waals surface area (Å²) < 4.78 is 30.6. The second-order valence-electron chi connectivity index (χ2n) is 6.99. The Balaban J connectivity index is 0.00000480. The van der Waals surface area contributed by atoms with Crippen LogP contribution >= 0.6 is 24.0 Å². The van der Waals surface area contributed by atoms with Crippen molar-refractivity contribution in [2.45, 2.75) is 25.7 Å². The number of aryl methyl sites for hydroxylation is 1. The van der Waals surface area contributed by atoms with Gasteiger partial charge in [0.15, 0.2) is 5.96 Å². The van der Waals surface area contributed by atoms with E-state index in [0.29, 0.717) is 24.6 Å². The molecule has 11 heteroatoms. The summed E-state index contributed by atoms with van der Waals surface area (Å²) in [4.78, 5) is 6.71. The van der Waals surface area contributed by atoms with Gasteiger partial charge in [-0.15, -0.1) is 24.0 Å². The Hall–Kier alpha value is -1.99. The third-order valence-corrected chi connectivity index (χ3v) is 4.45. The zero-order valence-electron chi connectivity index (χ0n) is 18.1. The van der Waals surface area contributed by atoms with Gasteiger partial charge in [0, 0.05) is 31.9 Å². The lowest BCUT2D eigenvalue weighted by atomic mass is 10.1. The van der Waals surface area contributed by atoms with E-state index in [4.69, 9.17) is 0 Å². The van der Waals surface area contributed by atoms with Crippen LogP contribution in [0, 0.1) is 0 Å². The molecule has 8 nitrogen and oxygen atoms in total. The summed E-state index contributed by atoms with van der Waals surface area (Å²) in [5.41, 5.74) is 1.65. The van der Waals surface area contributed by atoms with E-state index in [1.165, 1.54) is 12.1 Å². The number of likely N-dealkylation sites (N-methyl/N-ethyl adjacent to an activating group) is 1. The molecule has 1 aromatic heterocycles. The van der Waals surface area contributed by atoms with E-state index in [1.54, 1.807) is 16.8 Å². The summed E-state index contributed by atoms with van der Waals surface area (Å²) in [7, 11) is 5.84. The Morgan fingerprint density at radius 2 is 1.90 bits per heavy atom. The van der Waals surface area contributed by atoms with Gasteiger partial charge in [-0.3, -0.25) is 9.67 Å². The molecule has 3 N–H and O–H groups in total. The van der Waals surface area contributed by atoms with E-state index in [0.717, 1.165) is 5.56 Å². The van der Waals surface area contributed by atoms with Crippen molar-refractivity contribution >= 4 is 29.9 Å². The molecule has 0 fully saturated rings. The molecule has 2 aromatic rings. The number of ether oxygens (including phenoxy) is 1. The zero-order chi connectivity index (χ0) is 22.1. The lowest BCUT2D eigenvalue weighted by Gasteiger charge is -2.22. The Bertz CT molecular complexity index is 801. The Kier molecular flexibility index (Phi) is 11.7. The van der Waals surface area contributed by atoms with Crippen molar-refractivity contribution in [1.29, 1.82) is 0 Å². The molecule has 0 aliphatic rings. The molecule has 0 amide bonds. The fourth-order valence-corrected chi connectivity index (χ4v) is 2.88. The number of hydrogen-bond donors (Lipinski definition) is 3. The molecule has 0 saturated heterocycles. The summed E-state index contributed by atoms with van der Waals surface area (Å²) in [6.45, 7) is 0.463. The molecule has 174 valence electrons. The second-order valence-corrected chi connectivity index (χ2v) is 6.99. The molecule has 2 atom stereocenters. The van der Waals surface area contributed by atoms with E-state index >= 15 is 0 Å². The average Bonchev–Trinajstić information content (AvgIpc) is 3.11. The maximum absolute atomic E-state index is 12.2. The van der Waals surface area contributed by atoms with Crippen molar-refractivity contribution in [3.63, 3.8) is 0 Å². The minimum atomic E-state index is -2.88. The van der Waals surface area contributed by atoms with Gasteiger partial charge in [-0.05, 0) is 38.7 Å². The number of alkyl halides is 2. The van der Waals surface area contributed by atoms with Crippen molar-refractivity contribution in [3.05, 3.63) is 47.8 Å². The van der Waals surface area contributed by atoms with Gasteiger partial charge in [-0.25, -0.2) is 0 Å². The molecule has 1 aromatic carbocycles. The molecule has 0 aliphatic heterocycles. The number of nitrogens with one attached hydrogen (secondary N) is 2. The molecule has 0 radical (unpaired) electrons. The van der Waals surface area contributed by atoms with Crippen LogP contribution in [0.4, 0.5) is 8.78 Å².